The van der Waals surface area contributed by atoms with Gasteiger partial charge in [-0.2, -0.15) is 0 Å². The minimum atomic E-state index is 1.12. The SMILES string of the molecule is CCCCc1ccc(-n2c3ccccc3c3cc(-n4c5ccccc5c5c4ccc4c6ccccc6n(-c6ccc(-c7ccccc7)cc6)c45)ccc32)cc1. The molecular weight excluding hydrogens is 667 g/mol. The van der Waals surface area contributed by atoms with Gasteiger partial charge in [-0.25, -0.2) is 0 Å². The minimum absolute atomic E-state index is 1.12. The number of hydrogen-bond donors (Lipinski definition) is 0. The van der Waals surface area contributed by atoms with Crippen molar-refractivity contribution in [3.8, 4) is 28.2 Å². The second-order valence-electron chi connectivity index (χ2n) is 14.8. The second kappa shape index (κ2) is 12.6. The fraction of sp³-hybridized carbons (Fsp3) is 0.0769. The topological polar surface area (TPSA) is 14.8 Å². The number of hydrogen-bond acceptors (Lipinski definition) is 0. The quantitative estimate of drug-likeness (QED) is 0.157. The van der Waals surface area contributed by atoms with E-state index in [4.69, 9.17) is 0 Å². The first kappa shape index (κ1) is 31.7. The summed E-state index contributed by atoms with van der Waals surface area (Å²) in [6.45, 7) is 2.26. The van der Waals surface area contributed by atoms with Crippen molar-refractivity contribution in [1.82, 2.24) is 13.7 Å². The summed E-state index contributed by atoms with van der Waals surface area (Å²) in [5.41, 5.74) is 14.6. The molecule has 11 aromatic rings. The van der Waals surface area contributed by atoms with Crippen molar-refractivity contribution in [2.75, 3.05) is 0 Å². The number of rotatable bonds is 7. The Hall–Kier alpha value is -6.84. The Kier molecular flexibility index (Phi) is 7.28. The second-order valence-corrected chi connectivity index (χ2v) is 14.8. The van der Waals surface area contributed by atoms with E-state index < -0.39 is 0 Å². The average molecular weight is 706 g/mol. The molecule has 55 heavy (non-hydrogen) atoms. The van der Waals surface area contributed by atoms with Gasteiger partial charge in [0.2, 0.25) is 0 Å². The maximum Gasteiger partial charge on any atom is 0.0641 e. The van der Waals surface area contributed by atoms with Crippen molar-refractivity contribution in [1.29, 1.82) is 0 Å². The van der Waals surface area contributed by atoms with Crippen LogP contribution in [0.15, 0.2) is 182 Å². The predicted molar refractivity (Wildman–Crippen MR) is 234 cm³/mol. The molecule has 0 aliphatic carbocycles. The van der Waals surface area contributed by atoms with Crippen molar-refractivity contribution < 1.29 is 0 Å². The van der Waals surface area contributed by atoms with Gasteiger partial charge in [-0.3, -0.25) is 0 Å². The molecule has 8 aromatic carbocycles. The van der Waals surface area contributed by atoms with Crippen LogP contribution in [0.5, 0.6) is 0 Å². The zero-order valence-corrected chi connectivity index (χ0v) is 30.8. The number of unbranched alkanes of at least 4 members (excludes halogenated alkanes) is 1. The summed E-state index contributed by atoms with van der Waals surface area (Å²) in [6, 6.07) is 67.1. The third-order valence-electron chi connectivity index (χ3n) is 11.6. The molecule has 0 atom stereocenters. The van der Waals surface area contributed by atoms with Gasteiger partial charge in [-0.05, 0) is 96.3 Å². The molecule has 11 rings (SSSR count). The molecule has 3 aromatic heterocycles. The highest BCUT2D eigenvalue weighted by atomic mass is 15.0. The van der Waals surface area contributed by atoms with E-state index in [9.17, 15) is 0 Å². The Balaban J connectivity index is 1.15. The van der Waals surface area contributed by atoms with E-state index in [-0.39, 0.29) is 0 Å². The van der Waals surface area contributed by atoms with Gasteiger partial charge >= 0.3 is 0 Å². The highest BCUT2D eigenvalue weighted by Gasteiger charge is 2.22. The van der Waals surface area contributed by atoms with Crippen LogP contribution in [0, 0.1) is 0 Å². The van der Waals surface area contributed by atoms with Crippen LogP contribution in [0.2, 0.25) is 0 Å². The molecule has 0 N–H and O–H groups in total. The van der Waals surface area contributed by atoms with Gasteiger partial charge in [0.25, 0.3) is 0 Å². The summed E-state index contributed by atoms with van der Waals surface area (Å²) in [4.78, 5) is 0. The number of aryl methyl sites for hydroxylation is 1. The Morgan fingerprint density at radius 2 is 0.873 bits per heavy atom. The van der Waals surface area contributed by atoms with E-state index in [1.807, 2.05) is 0 Å². The lowest BCUT2D eigenvalue weighted by molar-refractivity contribution is 0.795. The molecule has 0 radical (unpaired) electrons. The van der Waals surface area contributed by atoms with Crippen LogP contribution in [0.3, 0.4) is 0 Å². The summed E-state index contributed by atoms with van der Waals surface area (Å²) >= 11 is 0. The summed E-state index contributed by atoms with van der Waals surface area (Å²) in [5, 5.41) is 7.55. The van der Waals surface area contributed by atoms with E-state index >= 15 is 0 Å². The molecule has 262 valence electrons. The molecule has 0 bridgehead atoms. The summed E-state index contributed by atoms with van der Waals surface area (Å²) in [6.07, 6.45) is 3.55. The highest BCUT2D eigenvalue weighted by molar-refractivity contribution is 6.26. The maximum atomic E-state index is 2.48. The Labute approximate surface area is 319 Å². The summed E-state index contributed by atoms with van der Waals surface area (Å²) in [7, 11) is 0. The number of aromatic nitrogens is 3. The highest BCUT2D eigenvalue weighted by Crippen LogP contribution is 2.43. The fourth-order valence-corrected chi connectivity index (χ4v) is 9.06. The molecule has 3 heteroatoms. The van der Waals surface area contributed by atoms with Crippen LogP contribution in [0.1, 0.15) is 25.3 Å². The smallest absolute Gasteiger partial charge is 0.0641 e. The zero-order chi connectivity index (χ0) is 36.5. The van der Waals surface area contributed by atoms with E-state index in [1.165, 1.54) is 101 Å². The van der Waals surface area contributed by atoms with Gasteiger partial charge in [0, 0.05) is 49.4 Å². The Morgan fingerprint density at radius 3 is 1.60 bits per heavy atom. The standard InChI is InChI=1S/C52H39N3/c1-2-3-13-35-22-26-38(27-23-35)53-46-19-10-8-17-42(46)45-34-40(30-32-49(45)53)54-48-21-12-9-18-44(48)51-50(54)33-31-43-41-16-7-11-20-47(41)55(52(43)51)39-28-24-37(25-29-39)36-14-5-4-6-15-36/h4-12,14-34H,2-3,13H2,1H3. The number of nitrogens with zero attached hydrogens (tertiary/aromatic N) is 3. The number of para-hydroxylation sites is 3. The molecule has 3 nitrogen and oxygen atoms in total. The zero-order valence-electron chi connectivity index (χ0n) is 30.8. The summed E-state index contributed by atoms with van der Waals surface area (Å²) in [5.74, 6) is 0. The Morgan fingerprint density at radius 1 is 0.364 bits per heavy atom. The molecule has 0 saturated carbocycles. The van der Waals surface area contributed by atoms with E-state index in [1.54, 1.807) is 0 Å². The maximum absolute atomic E-state index is 2.48. The van der Waals surface area contributed by atoms with Crippen LogP contribution >= 0.6 is 0 Å². The predicted octanol–water partition coefficient (Wildman–Crippen LogP) is 14.0. The van der Waals surface area contributed by atoms with Crippen molar-refractivity contribution in [2.45, 2.75) is 26.2 Å². The van der Waals surface area contributed by atoms with Crippen molar-refractivity contribution in [3.05, 3.63) is 188 Å². The molecule has 0 spiro atoms. The Bertz CT molecular complexity index is 3210. The van der Waals surface area contributed by atoms with Crippen LogP contribution in [0.25, 0.3) is 93.6 Å². The molecule has 0 fully saturated rings. The third-order valence-corrected chi connectivity index (χ3v) is 11.6. The summed E-state index contributed by atoms with van der Waals surface area (Å²) < 4.78 is 7.37. The van der Waals surface area contributed by atoms with Crippen LogP contribution in [-0.4, -0.2) is 13.7 Å². The fourth-order valence-electron chi connectivity index (χ4n) is 9.06. The lowest BCUT2D eigenvalue weighted by atomic mass is 10.1. The van der Waals surface area contributed by atoms with Crippen LogP contribution in [0.4, 0.5) is 0 Å². The first-order valence-electron chi connectivity index (χ1n) is 19.5. The molecule has 0 aliphatic heterocycles. The first-order chi connectivity index (χ1) is 27.3. The largest absolute Gasteiger partial charge is 0.309 e. The van der Waals surface area contributed by atoms with Gasteiger partial charge in [0.15, 0.2) is 0 Å². The van der Waals surface area contributed by atoms with E-state index in [0.29, 0.717) is 0 Å². The normalized spacial score (nSPS) is 11.9. The van der Waals surface area contributed by atoms with Gasteiger partial charge in [-0.1, -0.05) is 129 Å². The van der Waals surface area contributed by atoms with E-state index in [0.717, 1.165) is 17.8 Å². The molecular formula is C52H39N3. The number of fused-ring (bicyclic) bond motifs is 10. The van der Waals surface area contributed by atoms with Crippen LogP contribution in [-0.2, 0) is 6.42 Å². The lowest BCUT2D eigenvalue weighted by Crippen LogP contribution is -1.97. The van der Waals surface area contributed by atoms with Crippen LogP contribution < -0.4 is 0 Å². The molecule has 0 aliphatic rings. The van der Waals surface area contributed by atoms with Crippen molar-refractivity contribution in [3.63, 3.8) is 0 Å². The minimum Gasteiger partial charge on any atom is -0.309 e. The van der Waals surface area contributed by atoms with Gasteiger partial charge in [0.1, 0.15) is 0 Å². The van der Waals surface area contributed by atoms with Gasteiger partial charge < -0.3 is 13.7 Å². The van der Waals surface area contributed by atoms with Crippen molar-refractivity contribution >= 4 is 65.4 Å². The monoisotopic (exact) mass is 705 g/mol. The molecule has 0 saturated heterocycles. The van der Waals surface area contributed by atoms with E-state index in [2.05, 4.69) is 203 Å². The average Bonchev–Trinajstić information content (AvgIpc) is 3.89. The molecule has 0 amide bonds. The van der Waals surface area contributed by atoms with Crippen molar-refractivity contribution in [2.24, 2.45) is 0 Å². The third kappa shape index (κ3) is 4.90. The van der Waals surface area contributed by atoms with Gasteiger partial charge in [0.05, 0.1) is 33.1 Å². The number of benzene rings is 8. The molecule has 3 heterocycles. The molecule has 0 unspecified atom stereocenters. The lowest BCUT2D eigenvalue weighted by Gasteiger charge is -2.12. The van der Waals surface area contributed by atoms with Gasteiger partial charge in [-0.15, -0.1) is 0 Å². The first-order valence-corrected chi connectivity index (χ1v) is 19.5.